The van der Waals surface area contributed by atoms with Crippen molar-refractivity contribution in [1.29, 1.82) is 0 Å². The lowest BCUT2D eigenvalue weighted by molar-refractivity contribution is 0.681. The molecule has 1 aromatic carbocycles. The molecule has 0 unspecified atom stereocenters. The lowest BCUT2D eigenvalue weighted by atomic mass is 9.90. The van der Waals surface area contributed by atoms with Crippen molar-refractivity contribution >= 4 is 27.9 Å². The van der Waals surface area contributed by atoms with Crippen LogP contribution in [0.15, 0.2) is 16.6 Å². The van der Waals surface area contributed by atoms with Gasteiger partial charge in [-0.3, -0.25) is 4.72 Å². The summed E-state index contributed by atoms with van der Waals surface area (Å²) in [4.78, 5) is 0. The average Bonchev–Trinajstić information content (AvgIpc) is 2.27. The topological polar surface area (TPSA) is 12.0 Å². The first kappa shape index (κ1) is 14.4. The van der Waals surface area contributed by atoms with Crippen LogP contribution in [0.2, 0.25) is 0 Å². The molecule has 0 aliphatic heterocycles. The smallest absolute Gasteiger partial charge is 0.0310 e. The number of fused-ring (bicyclic) bond motifs is 1. The molecule has 0 saturated carbocycles. The van der Waals surface area contributed by atoms with Crippen LogP contribution in [0.4, 0.5) is 0 Å². The number of aryl methyl sites for hydroxylation is 1. The number of nitrogens with one attached hydrogen (secondary N) is 1. The second-order valence-electron chi connectivity index (χ2n) is 5.96. The Kier molecular flexibility index (Phi) is 4.79. The molecular weight excluding hydrogens is 306 g/mol. The van der Waals surface area contributed by atoms with E-state index >= 15 is 0 Å². The van der Waals surface area contributed by atoms with Crippen LogP contribution < -0.4 is 4.72 Å². The third-order valence-electron chi connectivity index (χ3n) is 3.13. The fourth-order valence-corrected chi connectivity index (χ4v) is 3.73. The minimum absolute atomic E-state index is 0.269. The second kappa shape index (κ2) is 5.98. The lowest BCUT2D eigenvalue weighted by Crippen LogP contribution is -2.17. The molecule has 0 atom stereocenters. The SMILES string of the molecule is CC(C)(C)SNCc1cc(Br)c2c(c1)CCCC2. The molecule has 0 bridgehead atoms. The fourth-order valence-electron chi connectivity index (χ4n) is 2.31. The van der Waals surface area contributed by atoms with Gasteiger partial charge < -0.3 is 0 Å². The minimum Gasteiger partial charge on any atom is -0.259 e. The van der Waals surface area contributed by atoms with E-state index in [2.05, 4.69) is 53.6 Å². The van der Waals surface area contributed by atoms with E-state index in [-0.39, 0.29) is 4.75 Å². The molecule has 0 heterocycles. The predicted molar refractivity (Wildman–Crippen MR) is 85.0 cm³/mol. The fraction of sp³-hybridized carbons (Fsp3) is 0.600. The van der Waals surface area contributed by atoms with Gasteiger partial charge in [0, 0.05) is 15.8 Å². The van der Waals surface area contributed by atoms with Crippen LogP contribution in [-0.2, 0) is 19.4 Å². The van der Waals surface area contributed by atoms with Crippen LogP contribution in [0.3, 0.4) is 0 Å². The molecule has 2 rings (SSSR count). The van der Waals surface area contributed by atoms with Crippen molar-refractivity contribution in [2.75, 3.05) is 0 Å². The molecule has 18 heavy (non-hydrogen) atoms. The standard InChI is InChI=1S/C15H22BrNS/c1-15(2,3)18-17-10-11-8-12-6-4-5-7-13(12)14(16)9-11/h8-9,17H,4-7,10H2,1-3H3. The van der Waals surface area contributed by atoms with Crippen LogP contribution in [0, 0.1) is 0 Å². The summed E-state index contributed by atoms with van der Waals surface area (Å²) >= 11 is 5.54. The Morgan fingerprint density at radius 1 is 1.22 bits per heavy atom. The van der Waals surface area contributed by atoms with Gasteiger partial charge in [-0.2, -0.15) is 0 Å². The van der Waals surface area contributed by atoms with Crippen LogP contribution in [0.1, 0.15) is 50.3 Å². The molecule has 0 amide bonds. The summed E-state index contributed by atoms with van der Waals surface area (Å²) in [7, 11) is 0. The summed E-state index contributed by atoms with van der Waals surface area (Å²) < 4.78 is 5.04. The summed E-state index contributed by atoms with van der Waals surface area (Å²) in [5.74, 6) is 0. The van der Waals surface area contributed by atoms with E-state index in [4.69, 9.17) is 0 Å². The van der Waals surface area contributed by atoms with Gasteiger partial charge in [-0.05, 0) is 69.2 Å². The average molecular weight is 328 g/mol. The molecule has 1 nitrogen and oxygen atoms in total. The van der Waals surface area contributed by atoms with Crippen molar-refractivity contribution in [3.05, 3.63) is 33.3 Å². The molecule has 0 fully saturated rings. The van der Waals surface area contributed by atoms with Gasteiger partial charge in [0.25, 0.3) is 0 Å². The molecule has 1 aromatic rings. The molecular formula is C15H22BrNS. The van der Waals surface area contributed by atoms with Gasteiger partial charge in [0.15, 0.2) is 0 Å². The number of rotatable bonds is 3. The Balaban J connectivity index is 2.03. The highest BCUT2D eigenvalue weighted by atomic mass is 79.9. The van der Waals surface area contributed by atoms with Gasteiger partial charge in [-0.25, -0.2) is 0 Å². The normalized spacial score (nSPS) is 15.6. The number of hydrogen-bond acceptors (Lipinski definition) is 2. The highest BCUT2D eigenvalue weighted by Gasteiger charge is 2.14. The van der Waals surface area contributed by atoms with Crippen LogP contribution in [0.5, 0.6) is 0 Å². The van der Waals surface area contributed by atoms with Gasteiger partial charge in [0.2, 0.25) is 0 Å². The van der Waals surface area contributed by atoms with E-state index in [0.717, 1.165) is 6.54 Å². The molecule has 1 aliphatic carbocycles. The minimum atomic E-state index is 0.269. The molecule has 3 heteroatoms. The molecule has 0 saturated heterocycles. The summed E-state index contributed by atoms with van der Waals surface area (Å²) in [5, 5.41) is 0. The summed E-state index contributed by atoms with van der Waals surface area (Å²) in [5.41, 5.74) is 4.47. The molecule has 100 valence electrons. The van der Waals surface area contributed by atoms with Crippen molar-refractivity contribution in [2.24, 2.45) is 0 Å². The van der Waals surface area contributed by atoms with Crippen molar-refractivity contribution in [2.45, 2.75) is 57.7 Å². The highest BCUT2D eigenvalue weighted by molar-refractivity contribution is 9.10. The molecule has 1 aliphatic rings. The first-order valence-electron chi connectivity index (χ1n) is 6.67. The van der Waals surface area contributed by atoms with E-state index in [9.17, 15) is 0 Å². The molecule has 0 aromatic heterocycles. The van der Waals surface area contributed by atoms with Crippen molar-refractivity contribution < 1.29 is 0 Å². The van der Waals surface area contributed by atoms with Gasteiger partial charge in [0.1, 0.15) is 0 Å². The summed E-state index contributed by atoms with van der Waals surface area (Å²) in [6.45, 7) is 7.63. The zero-order valence-corrected chi connectivity index (χ0v) is 13.9. The highest BCUT2D eigenvalue weighted by Crippen LogP contribution is 2.30. The maximum absolute atomic E-state index is 3.73. The molecule has 1 N–H and O–H groups in total. The summed E-state index contributed by atoms with van der Waals surface area (Å²) in [6, 6.07) is 4.66. The van der Waals surface area contributed by atoms with E-state index in [1.807, 2.05) is 0 Å². The third kappa shape index (κ3) is 4.01. The Bertz CT molecular complexity index is 423. The predicted octanol–water partition coefficient (Wildman–Crippen LogP) is 4.86. The maximum Gasteiger partial charge on any atom is 0.0310 e. The molecule has 0 radical (unpaired) electrons. The molecule has 0 spiro atoms. The first-order valence-corrected chi connectivity index (χ1v) is 8.28. The summed E-state index contributed by atoms with van der Waals surface area (Å²) in [6.07, 6.45) is 5.16. The second-order valence-corrected chi connectivity index (χ2v) is 8.53. The van der Waals surface area contributed by atoms with Crippen molar-refractivity contribution in [3.8, 4) is 0 Å². The maximum atomic E-state index is 3.73. The van der Waals surface area contributed by atoms with Crippen molar-refractivity contribution in [3.63, 3.8) is 0 Å². The van der Waals surface area contributed by atoms with E-state index in [1.54, 1.807) is 17.5 Å². The van der Waals surface area contributed by atoms with Crippen LogP contribution in [-0.4, -0.2) is 4.75 Å². The number of benzene rings is 1. The Morgan fingerprint density at radius 3 is 2.67 bits per heavy atom. The third-order valence-corrected chi connectivity index (χ3v) is 4.73. The first-order chi connectivity index (χ1) is 8.46. The van der Waals surface area contributed by atoms with Gasteiger partial charge in [0.05, 0.1) is 0 Å². The number of halogens is 1. The van der Waals surface area contributed by atoms with Gasteiger partial charge >= 0.3 is 0 Å². The Labute approximate surface area is 123 Å². The van der Waals surface area contributed by atoms with Gasteiger partial charge in [-0.15, -0.1) is 0 Å². The van der Waals surface area contributed by atoms with Crippen LogP contribution >= 0.6 is 27.9 Å². The largest absolute Gasteiger partial charge is 0.259 e. The number of hydrogen-bond donors (Lipinski definition) is 1. The van der Waals surface area contributed by atoms with Gasteiger partial charge in [-0.1, -0.05) is 33.9 Å². The van der Waals surface area contributed by atoms with Crippen molar-refractivity contribution in [1.82, 2.24) is 4.72 Å². The zero-order chi connectivity index (χ0) is 13.2. The van der Waals surface area contributed by atoms with E-state index in [0.29, 0.717) is 0 Å². The zero-order valence-electron chi connectivity index (χ0n) is 11.5. The quantitative estimate of drug-likeness (QED) is 0.795. The van der Waals surface area contributed by atoms with E-state index < -0.39 is 0 Å². The van der Waals surface area contributed by atoms with Crippen LogP contribution in [0.25, 0.3) is 0 Å². The Morgan fingerprint density at radius 2 is 1.94 bits per heavy atom. The monoisotopic (exact) mass is 327 g/mol. The lowest BCUT2D eigenvalue weighted by Gasteiger charge is -2.20. The Hall–Kier alpha value is 0.01000. The van der Waals surface area contributed by atoms with E-state index in [1.165, 1.54) is 41.3 Å².